The van der Waals surface area contributed by atoms with Crippen LogP contribution in [-0.2, 0) is 14.2 Å². The minimum absolute atomic E-state index is 0.145. The number of benzene rings is 1. The van der Waals surface area contributed by atoms with Crippen LogP contribution in [0, 0.1) is 0 Å². The number of carbonyl (C=O) groups excluding carboxylic acids is 1. The first kappa shape index (κ1) is 26.1. The van der Waals surface area contributed by atoms with E-state index in [1.807, 2.05) is 35.1 Å². The smallest absolute Gasteiger partial charge is 0.323 e. The number of hydrogen-bond acceptors (Lipinski definition) is 9. The van der Waals surface area contributed by atoms with Gasteiger partial charge in [0.25, 0.3) is 0 Å². The summed E-state index contributed by atoms with van der Waals surface area (Å²) in [6, 6.07) is 10.5. The highest BCUT2D eigenvalue weighted by Gasteiger charge is 2.35. The molecule has 0 aliphatic carbocycles. The number of urea groups is 1. The van der Waals surface area contributed by atoms with Gasteiger partial charge < -0.3 is 29.7 Å². The molecular weight excluding hydrogens is 512 g/mol. The zero-order valence-electron chi connectivity index (χ0n) is 22.5. The van der Waals surface area contributed by atoms with E-state index in [0.29, 0.717) is 30.4 Å². The van der Waals surface area contributed by atoms with Gasteiger partial charge in [0.05, 0.1) is 48.9 Å². The highest BCUT2D eigenvalue weighted by molar-refractivity contribution is 5.99. The first-order chi connectivity index (χ1) is 19.6. The molecule has 2 amide bonds. The van der Waals surface area contributed by atoms with Crippen molar-refractivity contribution >= 4 is 34.3 Å². The summed E-state index contributed by atoms with van der Waals surface area (Å²) in [4.78, 5) is 28.7. The van der Waals surface area contributed by atoms with Crippen LogP contribution in [0.1, 0.15) is 18.9 Å². The maximum absolute atomic E-state index is 12.4. The minimum Gasteiger partial charge on any atom is -0.382 e. The Morgan fingerprint density at radius 3 is 2.40 bits per heavy atom. The maximum Gasteiger partial charge on any atom is 0.323 e. The van der Waals surface area contributed by atoms with Gasteiger partial charge in [-0.3, -0.25) is 4.98 Å². The molecule has 2 unspecified atom stereocenters. The van der Waals surface area contributed by atoms with E-state index in [-0.39, 0.29) is 24.3 Å². The van der Waals surface area contributed by atoms with Crippen LogP contribution in [0.2, 0.25) is 0 Å². The fourth-order valence-electron chi connectivity index (χ4n) is 5.34. The Morgan fingerprint density at radius 1 is 1.00 bits per heavy atom. The van der Waals surface area contributed by atoms with Crippen molar-refractivity contribution in [3.63, 3.8) is 0 Å². The minimum atomic E-state index is -0.353. The number of nitrogens with zero attached hydrogens (tertiary/aromatic N) is 6. The lowest BCUT2D eigenvalue weighted by atomic mass is 10.2. The van der Waals surface area contributed by atoms with E-state index in [1.54, 1.807) is 38.7 Å². The molecule has 2 fully saturated rings. The van der Waals surface area contributed by atoms with Crippen LogP contribution in [0.5, 0.6) is 0 Å². The average Bonchev–Trinajstić information content (AvgIpc) is 3.55. The van der Waals surface area contributed by atoms with Gasteiger partial charge in [-0.25, -0.2) is 19.4 Å². The zero-order valence-corrected chi connectivity index (χ0v) is 22.5. The van der Waals surface area contributed by atoms with E-state index >= 15 is 0 Å². The summed E-state index contributed by atoms with van der Waals surface area (Å²) in [6.45, 7) is 2.42. The summed E-state index contributed by atoms with van der Waals surface area (Å²) in [6.07, 6.45) is 7.61. The van der Waals surface area contributed by atoms with E-state index < -0.39 is 0 Å². The molecule has 0 spiro atoms. The lowest BCUT2D eigenvalue weighted by Crippen LogP contribution is -2.43. The van der Waals surface area contributed by atoms with Crippen LogP contribution >= 0.6 is 0 Å². The van der Waals surface area contributed by atoms with Gasteiger partial charge in [-0.15, -0.1) is 0 Å². The molecule has 2 aliphatic heterocycles. The van der Waals surface area contributed by atoms with Crippen LogP contribution in [0.25, 0.3) is 22.4 Å². The highest BCUT2D eigenvalue weighted by atomic mass is 16.5. The van der Waals surface area contributed by atoms with Gasteiger partial charge in [0, 0.05) is 44.8 Å². The molecule has 208 valence electrons. The Labute approximate surface area is 231 Å². The first-order valence-electron chi connectivity index (χ1n) is 13.3. The molecule has 5 heterocycles. The van der Waals surface area contributed by atoms with Crippen LogP contribution < -0.4 is 15.5 Å². The summed E-state index contributed by atoms with van der Waals surface area (Å²) in [5.41, 5.74) is 2.79. The van der Waals surface area contributed by atoms with Crippen LogP contribution in [0.15, 0.2) is 55.0 Å². The molecule has 12 nitrogen and oxygen atoms in total. The van der Waals surface area contributed by atoms with Crippen molar-refractivity contribution in [3.8, 4) is 11.4 Å². The van der Waals surface area contributed by atoms with Crippen molar-refractivity contribution < 1.29 is 19.0 Å². The van der Waals surface area contributed by atoms with Crippen LogP contribution in [0.4, 0.5) is 22.0 Å². The molecule has 6 rings (SSSR count). The number of rotatable bonds is 9. The molecule has 2 saturated heterocycles. The second-order valence-corrected chi connectivity index (χ2v) is 10.0. The highest BCUT2D eigenvalue weighted by Crippen LogP contribution is 2.34. The van der Waals surface area contributed by atoms with E-state index in [0.717, 1.165) is 48.3 Å². The average molecular weight is 545 g/mol. The number of methoxy groups -OCH3 is 2. The van der Waals surface area contributed by atoms with E-state index in [9.17, 15) is 4.79 Å². The zero-order chi connectivity index (χ0) is 27.5. The number of hydrogen-bond donors (Lipinski definition) is 2. The molecule has 40 heavy (non-hydrogen) atoms. The fraction of sp³-hybridized carbons (Fsp3) is 0.393. The SMILES string of the molecule is COCC(COC)n1ncc2c(N3CC4CCC(C3)O4)nc(-c3ccc(NC(=O)Nc4cccnc4)cc3)nc21. The van der Waals surface area contributed by atoms with Gasteiger partial charge in [-0.05, 0) is 49.2 Å². The number of aromatic nitrogens is 5. The Kier molecular flexibility index (Phi) is 7.53. The van der Waals surface area contributed by atoms with Crippen molar-refractivity contribution in [2.75, 3.05) is 56.1 Å². The quantitative estimate of drug-likeness (QED) is 0.324. The number of ether oxygens (including phenoxy) is 3. The summed E-state index contributed by atoms with van der Waals surface area (Å²) >= 11 is 0. The summed E-state index contributed by atoms with van der Waals surface area (Å²) in [5, 5.41) is 11.2. The largest absolute Gasteiger partial charge is 0.382 e. The monoisotopic (exact) mass is 544 g/mol. The third kappa shape index (κ3) is 5.46. The summed E-state index contributed by atoms with van der Waals surface area (Å²) in [7, 11) is 3.33. The van der Waals surface area contributed by atoms with Gasteiger partial charge in [0.2, 0.25) is 0 Å². The molecule has 2 aliphatic rings. The predicted molar refractivity (Wildman–Crippen MR) is 151 cm³/mol. The topological polar surface area (TPSA) is 129 Å². The molecule has 4 aromatic rings. The van der Waals surface area contributed by atoms with Crippen molar-refractivity contribution in [1.29, 1.82) is 0 Å². The summed E-state index contributed by atoms with van der Waals surface area (Å²) < 4.78 is 18.9. The molecule has 12 heteroatoms. The molecule has 1 aromatic carbocycles. The lowest BCUT2D eigenvalue weighted by Gasteiger charge is -2.33. The van der Waals surface area contributed by atoms with Crippen molar-refractivity contribution in [2.24, 2.45) is 0 Å². The Morgan fingerprint density at radius 2 is 1.73 bits per heavy atom. The molecular formula is C28H32N8O4. The van der Waals surface area contributed by atoms with E-state index in [4.69, 9.17) is 29.3 Å². The van der Waals surface area contributed by atoms with E-state index in [2.05, 4.69) is 20.5 Å². The Hall–Kier alpha value is -4.13. The van der Waals surface area contributed by atoms with Crippen LogP contribution in [-0.4, -0.2) is 83.5 Å². The standard InChI is InChI=1S/C28H32N8O4/c1-38-16-21(17-39-2)36-27-24(13-30-36)26(35-14-22-9-10-23(15-35)40-22)33-25(34-27)18-5-7-19(8-6-18)31-28(37)32-20-4-3-11-29-12-20/h3-8,11-13,21-23H,9-10,14-17H2,1-2H3,(H2,31,32,37). The molecule has 2 N–H and O–H groups in total. The van der Waals surface area contributed by atoms with Crippen LogP contribution in [0.3, 0.4) is 0 Å². The Balaban J connectivity index is 1.32. The van der Waals surface area contributed by atoms with Crippen molar-refractivity contribution in [1.82, 2.24) is 24.7 Å². The third-order valence-electron chi connectivity index (χ3n) is 7.16. The van der Waals surface area contributed by atoms with Gasteiger partial charge in [-0.1, -0.05) is 0 Å². The summed E-state index contributed by atoms with van der Waals surface area (Å²) in [5.74, 6) is 1.42. The van der Waals surface area contributed by atoms with Gasteiger partial charge in [0.15, 0.2) is 11.5 Å². The van der Waals surface area contributed by atoms with Gasteiger partial charge >= 0.3 is 6.03 Å². The number of anilines is 3. The Bertz CT molecular complexity index is 1440. The molecule has 3 aromatic heterocycles. The number of amides is 2. The number of fused-ring (bicyclic) bond motifs is 3. The third-order valence-corrected chi connectivity index (χ3v) is 7.16. The predicted octanol–water partition coefficient (Wildman–Crippen LogP) is 3.73. The van der Waals surface area contributed by atoms with Gasteiger partial charge in [0.1, 0.15) is 11.9 Å². The first-order valence-corrected chi connectivity index (χ1v) is 13.3. The number of morpholine rings is 1. The normalized spacial score (nSPS) is 18.4. The second kappa shape index (κ2) is 11.5. The maximum atomic E-state index is 12.4. The lowest BCUT2D eigenvalue weighted by molar-refractivity contribution is 0.0303. The van der Waals surface area contributed by atoms with E-state index in [1.165, 1.54) is 0 Å². The molecule has 2 bridgehead atoms. The van der Waals surface area contributed by atoms with Gasteiger partial charge in [-0.2, -0.15) is 5.10 Å². The number of pyridine rings is 1. The molecule has 0 saturated carbocycles. The van der Waals surface area contributed by atoms with Crippen molar-refractivity contribution in [3.05, 3.63) is 55.0 Å². The molecule has 0 radical (unpaired) electrons. The second-order valence-electron chi connectivity index (χ2n) is 10.0. The number of carbonyl (C=O) groups is 1. The molecule has 2 atom stereocenters. The number of nitrogens with one attached hydrogen (secondary N) is 2. The van der Waals surface area contributed by atoms with Crippen molar-refractivity contribution in [2.45, 2.75) is 31.1 Å². The fourth-order valence-corrected chi connectivity index (χ4v) is 5.34.